The summed E-state index contributed by atoms with van der Waals surface area (Å²) < 4.78 is 0. The number of benzene rings is 2. The van der Waals surface area contributed by atoms with Gasteiger partial charge in [-0.2, -0.15) is 0 Å². The molecule has 0 fully saturated rings. The Hall–Kier alpha value is -3.02. The van der Waals surface area contributed by atoms with E-state index in [4.69, 9.17) is 0 Å². The number of carbonyl (C=O) groups excluding carboxylic acids is 1. The molecule has 0 saturated heterocycles. The molecule has 2 rings (SSSR count). The van der Waals surface area contributed by atoms with Crippen LogP contribution in [0.4, 0.5) is 11.4 Å². The van der Waals surface area contributed by atoms with Crippen molar-refractivity contribution in [3.63, 3.8) is 0 Å². The molecule has 0 spiro atoms. The van der Waals surface area contributed by atoms with E-state index in [0.29, 0.717) is 11.3 Å². The molecule has 0 aromatic heterocycles. The molecule has 6 nitrogen and oxygen atoms in total. The van der Waals surface area contributed by atoms with Crippen molar-refractivity contribution in [2.24, 2.45) is 4.99 Å². The molecular formula is C15H11N2O4-. The first-order valence-electron chi connectivity index (χ1n) is 6.08. The average Bonchev–Trinajstić information content (AvgIpc) is 2.46. The van der Waals surface area contributed by atoms with E-state index in [1.54, 1.807) is 24.3 Å². The van der Waals surface area contributed by atoms with E-state index in [2.05, 4.69) is 4.99 Å². The summed E-state index contributed by atoms with van der Waals surface area (Å²) in [4.78, 5) is 25.3. The lowest BCUT2D eigenvalue weighted by atomic mass is 10.1. The molecule has 0 aliphatic carbocycles. The summed E-state index contributed by atoms with van der Waals surface area (Å²) in [6.07, 6.45) is 1.28. The first-order chi connectivity index (χ1) is 9.97. The maximum atomic E-state index is 11.6. The fourth-order valence-corrected chi connectivity index (χ4v) is 1.68. The third-order valence-corrected chi connectivity index (χ3v) is 2.83. The van der Waals surface area contributed by atoms with E-state index in [-0.39, 0.29) is 22.8 Å². The lowest BCUT2D eigenvalue weighted by Crippen LogP contribution is -1.98. The molecule has 2 aromatic rings. The minimum absolute atomic E-state index is 0.0499. The predicted molar refractivity (Wildman–Crippen MR) is 76.2 cm³/mol. The summed E-state index contributed by atoms with van der Waals surface area (Å²) in [5, 5.41) is 22.3. The van der Waals surface area contributed by atoms with E-state index in [1.165, 1.54) is 19.2 Å². The van der Waals surface area contributed by atoms with Crippen LogP contribution < -0.4 is 5.11 Å². The van der Waals surface area contributed by atoms with Gasteiger partial charge in [0, 0.05) is 23.9 Å². The third kappa shape index (κ3) is 3.50. The Kier molecular flexibility index (Phi) is 4.08. The number of Topliss-reactive ketones (excluding diaryl/α,β-unsaturated/α-hetero) is 1. The van der Waals surface area contributed by atoms with Gasteiger partial charge in [-0.15, -0.1) is 0 Å². The molecule has 0 aliphatic rings. The van der Waals surface area contributed by atoms with E-state index in [9.17, 15) is 20.0 Å². The standard InChI is InChI=1S/C15H12N2O4/c1-10(18)11-2-4-13(5-3-11)16-9-12-8-14(17(20)21)6-7-15(12)19/h2-9,19H,1H3/p-1. The second-order valence-electron chi connectivity index (χ2n) is 4.34. The average molecular weight is 283 g/mol. The van der Waals surface area contributed by atoms with Gasteiger partial charge < -0.3 is 5.11 Å². The van der Waals surface area contributed by atoms with Gasteiger partial charge in [-0.3, -0.25) is 19.9 Å². The Bertz CT molecular complexity index is 721. The zero-order valence-electron chi connectivity index (χ0n) is 11.1. The number of nitro groups is 1. The Balaban J connectivity index is 2.26. The minimum Gasteiger partial charge on any atom is -0.872 e. The summed E-state index contributed by atoms with van der Waals surface area (Å²) in [6.45, 7) is 1.46. The van der Waals surface area contributed by atoms with Gasteiger partial charge in [0.1, 0.15) is 0 Å². The van der Waals surface area contributed by atoms with Crippen molar-refractivity contribution in [3.05, 3.63) is 63.7 Å². The van der Waals surface area contributed by atoms with Gasteiger partial charge in [-0.05, 0) is 36.8 Å². The number of aliphatic imine (C=N–C) groups is 1. The SMILES string of the molecule is CC(=O)c1ccc(N=Cc2cc([N+](=O)[O-])ccc2[O-])cc1. The normalized spacial score (nSPS) is 10.7. The third-order valence-electron chi connectivity index (χ3n) is 2.83. The number of hydrogen-bond donors (Lipinski definition) is 0. The summed E-state index contributed by atoms with van der Waals surface area (Å²) in [5.74, 6) is -0.393. The molecule has 2 aromatic carbocycles. The molecule has 0 aliphatic heterocycles. The molecule has 6 heteroatoms. The zero-order chi connectivity index (χ0) is 15.4. The van der Waals surface area contributed by atoms with Crippen LogP contribution in [-0.2, 0) is 0 Å². The van der Waals surface area contributed by atoms with E-state index >= 15 is 0 Å². The molecule has 21 heavy (non-hydrogen) atoms. The van der Waals surface area contributed by atoms with Gasteiger partial charge in [0.25, 0.3) is 5.69 Å². The molecule has 106 valence electrons. The fourth-order valence-electron chi connectivity index (χ4n) is 1.68. The highest BCUT2D eigenvalue weighted by Crippen LogP contribution is 2.20. The van der Waals surface area contributed by atoms with Crippen molar-refractivity contribution in [2.45, 2.75) is 6.92 Å². The minimum atomic E-state index is -0.571. The van der Waals surface area contributed by atoms with E-state index in [0.717, 1.165) is 12.1 Å². The van der Waals surface area contributed by atoms with Crippen molar-refractivity contribution in [1.82, 2.24) is 0 Å². The number of ketones is 1. The molecule has 0 heterocycles. The van der Waals surface area contributed by atoms with Gasteiger partial charge in [-0.25, -0.2) is 0 Å². The van der Waals surface area contributed by atoms with Crippen LogP contribution in [0.15, 0.2) is 47.5 Å². The van der Waals surface area contributed by atoms with Gasteiger partial charge in [0.05, 0.1) is 10.6 Å². The highest BCUT2D eigenvalue weighted by Gasteiger charge is 2.05. The number of nitrogens with zero attached hydrogens (tertiary/aromatic N) is 2. The monoisotopic (exact) mass is 283 g/mol. The van der Waals surface area contributed by atoms with Gasteiger partial charge in [-0.1, -0.05) is 11.8 Å². The molecule has 0 amide bonds. The Morgan fingerprint density at radius 1 is 1.19 bits per heavy atom. The summed E-state index contributed by atoms with van der Waals surface area (Å²) in [5.41, 5.74) is 1.09. The highest BCUT2D eigenvalue weighted by atomic mass is 16.6. The van der Waals surface area contributed by atoms with Crippen molar-refractivity contribution >= 4 is 23.4 Å². The molecule has 0 atom stereocenters. The van der Waals surface area contributed by atoms with Crippen LogP contribution in [0.25, 0.3) is 0 Å². The topological polar surface area (TPSA) is 95.6 Å². The van der Waals surface area contributed by atoms with Crippen LogP contribution in [0.3, 0.4) is 0 Å². The van der Waals surface area contributed by atoms with Crippen molar-refractivity contribution in [2.75, 3.05) is 0 Å². The van der Waals surface area contributed by atoms with Gasteiger partial charge in [0.2, 0.25) is 0 Å². The molecule has 0 radical (unpaired) electrons. The first-order valence-corrected chi connectivity index (χ1v) is 6.08. The number of rotatable bonds is 4. The van der Waals surface area contributed by atoms with Crippen LogP contribution in [0.1, 0.15) is 22.8 Å². The smallest absolute Gasteiger partial charge is 0.270 e. The van der Waals surface area contributed by atoms with Crippen molar-refractivity contribution < 1.29 is 14.8 Å². The number of hydrogen-bond acceptors (Lipinski definition) is 5. The largest absolute Gasteiger partial charge is 0.872 e. The maximum Gasteiger partial charge on any atom is 0.270 e. The van der Waals surface area contributed by atoms with Crippen LogP contribution in [0.5, 0.6) is 5.75 Å². The molecule has 0 N–H and O–H groups in total. The maximum absolute atomic E-state index is 11.6. The first kappa shape index (κ1) is 14.4. The zero-order valence-corrected chi connectivity index (χ0v) is 11.1. The van der Waals surface area contributed by atoms with Crippen LogP contribution >= 0.6 is 0 Å². The lowest BCUT2D eigenvalue weighted by Gasteiger charge is -2.08. The lowest BCUT2D eigenvalue weighted by molar-refractivity contribution is -0.385. The van der Waals surface area contributed by atoms with Crippen molar-refractivity contribution in [1.29, 1.82) is 0 Å². The summed E-state index contributed by atoms with van der Waals surface area (Å²) in [6, 6.07) is 9.99. The molecular weight excluding hydrogens is 272 g/mol. The summed E-state index contributed by atoms with van der Waals surface area (Å²) >= 11 is 0. The second kappa shape index (κ2) is 5.96. The molecule has 0 unspecified atom stereocenters. The van der Waals surface area contributed by atoms with Crippen LogP contribution in [0.2, 0.25) is 0 Å². The van der Waals surface area contributed by atoms with E-state index < -0.39 is 4.92 Å². The predicted octanol–water partition coefficient (Wildman–Crippen LogP) is 2.62. The Morgan fingerprint density at radius 3 is 2.43 bits per heavy atom. The quantitative estimate of drug-likeness (QED) is 0.373. The Morgan fingerprint density at radius 2 is 1.86 bits per heavy atom. The Labute approximate surface area is 120 Å². The number of nitro benzene ring substituents is 1. The molecule has 0 saturated carbocycles. The van der Waals surface area contributed by atoms with Gasteiger partial charge in [0.15, 0.2) is 5.78 Å². The number of carbonyl (C=O) groups is 1. The number of non-ortho nitro benzene ring substituents is 1. The molecule has 0 bridgehead atoms. The van der Waals surface area contributed by atoms with Crippen molar-refractivity contribution in [3.8, 4) is 5.75 Å². The highest BCUT2D eigenvalue weighted by molar-refractivity contribution is 5.94. The van der Waals surface area contributed by atoms with Crippen LogP contribution in [-0.4, -0.2) is 16.9 Å². The fraction of sp³-hybridized carbons (Fsp3) is 0.0667. The summed E-state index contributed by atoms with van der Waals surface area (Å²) in [7, 11) is 0. The van der Waals surface area contributed by atoms with E-state index in [1.807, 2.05) is 0 Å². The second-order valence-corrected chi connectivity index (χ2v) is 4.34. The van der Waals surface area contributed by atoms with Crippen LogP contribution in [0, 0.1) is 10.1 Å². The van der Waals surface area contributed by atoms with Gasteiger partial charge >= 0.3 is 0 Å².